The first-order valence-corrected chi connectivity index (χ1v) is 7.96. The molecule has 0 bridgehead atoms. The lowest BCUT2D eigenvalue weighted by Crippen LogP contribution is -2.34. The van der Waals surface area contributed by atoms with Crippen LogP contribution in [0.2, 0.25) is 0 Å². The second-order valence-electron chi connectivity index (χ2n) is 6.21. The van der Waals surface area contributed by atoms with E-state index in [1.807, 2.05) is 46.3 Å². The summed E-state index contributed by atoms with van der Waals surface area (Å²) in [4.78, 5) is 0. The number of rotatable bonds is 3. The van der Waals surface area contributed by atoms with Gasteiger partial charge in [0.05, 0.1) is 26.9 Å². The van der Waals surface area contributed by atoms with Crippen molar-refractivity contribution in [2.45, 2.75) is 45.4 Å². The second-order valence-corrected chi connectivity index (χ2v) is 8.20. The van der Waals surface area contributed by atoms with Gasteiger partial charge >= 0.3 is 0 Å². The lowest BCUT2D eigenvalue weighted by molar-refractivity contribution is 0.616. The molecule has 0 saturated heterocycles. The van der Waals surface area contributed by atoms with Crippen LogP contribution < -0.4 is 4.72 Å². The van der Waals surface area contributed by atoms with Crippen LogP contribution >= 0.6 is 0 Å². The number of aryl methyl sites for hydroxylation is 2. The van der Waals surface area contributed by atoms with E-state index in [1.165, 1.54) is 0 Å². The molecule has 1 heterocycles. The first kappa shape index (κ1) is 15.2. The van der Waals surface area contributed by atoms with Crippen molar-refractivity contribution < 1.29 is 4.21 Å². The predicted molar refractivity (Wildman–Crippen MR) is 84.9 cm³/mol. The maximum atomic E-state index is 12.2. The van der Waals surface area contributed by atoms with E-state index in [9.17, 15) is 4.21 Å². The van der Waals surface area contributed by atoms with Gasteiger partial charge in [0.25, 0.3) is 0 Å². The summed E-state index contributed by atoms with van der Waals surface area (Å²) in [5.74, 6) is 0. The quantitative estimate of drug-likeness (QED) is 0.945. The number of aromatic nitrogens is 2. The normalized spacial score (nSPS) is 15.5. The summed E-state index contributed by atoms with van der Waals surface area (Å²) < 4.78 is 17.0. The van der Waals surface area contributed by atoms with Gasteiger partial charge in [0, 0.05) is 18.5 Å². The van der Waals surface area contributed by atoms with E-state index in [0.717, 1.165) is 22.2 Å². The molecule has 0 radical (unpaired) electrons. The molecule has 2 unspecified atom stereocenters. The van der Waals surface area contributed by atoms with Crippen molar-refractivity contribution in [3.05, 3.63) is 29.5 Å². The Labute approximate surface area is 123 Å². The maximum Gasteiger partial charge on any atom is 0.0975 e. The molecule has 0 amide bonds. The zero-order valence-electron chi connectivity index (χ0n) is 13.0. The molecular weight excluding hydrogens is 270 g/mol. The van der Waals surface area contributed by atoms with Gasteiger partial charge in [-0.05, 0) is 52.3 Å². The van der Waals surface area contributed by atoms with Gasteiger partial charge in [-0.1, -0.05) is 6.07 Å². The molecular formula is C15H23N3OS. The minimum Gasteiger partial charge on any atom is -0.268 e. The molecule has 110 valence electrons. The molecule has 0 spiro atoms. The lowest BCUT2D eigenvalue weighted by atomic mass is 10.1. The van der Waals surface area contributed by atoms with Gasteiger partial charge in [-0.2, -0.15) is 5.10 Å². The smallest absolute Gasteiger partial charge is 0.0975 e. The third-order valence-electron chi connectivity index (χ3n) is 3.40. The van der Waals surface area contributed by atoms with Crippen molar-refractivity contribution in [2.75, 3.05) is 0 Å². The fourth-order valence-electron chi connectivity index (χ4n) is 2.13. The molecule has 0 aliphatic heterocycles. The highest BCUT2D eigenvalue weighted by atomic mass is 32.2. The number of fused-ring (bicyclic) bond motifs is 1. The van der Waals surface area contributed by atoms with Crippen LogP contribution in [0.25, 0.3) is 10.9 Å². The third kappa shape index (κ3) is 2.94. The molecule has 0 aliphatic carbocycles. The van der Waals surface area contributed by atoms with Gasteiger partial charge in [0.2, 0.25) is 0 Å². The molecule has 20 heavy (non-hydrogen) atoms. The fraction of sp³-hybridized carbons (Fsp3) is 0.533. The molecule has 5 heteroatoms. The Morgan fingerprint density at radius 3 is 2.60 bits per heavy atom. The monoisotopic (exact) mass is 293 g/mol. The van der Waals surface area contributed by atoms with Gasteiger partial charge in [0.15, 0.2) is 0 Å². The summed E-state index contributed by atoms with van der Waals surface area (Å²) in [6, 6.07) is 6.32. The van der Waals surface area contributed by atoms with Gasteiger partial charge in [-0.3, -0.25) is 4.68 Å². The molecule has 1 aromatic heterocycles. The summed E-state index contributed by atoms with van der Waals surface area (Å²) in [6.45, 7) is 9.96. The Balaban J connectivity index is 2.29. The van der Waals surface area contributed by atoms with Crippen molar-refractivity contribution in [1.82, 2.24) is 14.5 Å². The Morgan fingerprint density at radius 1 is 1.35 bits per heavy atom. The fourth-order valence-corrected chi connectivity index (χ4v) is 2.94. The van der Waals surface area contributed by atoms with Gasteiger partial charge in [0.1, 0.15) is 0 Å². The Morgan fingerprint density at radius 2 is 2.00 bits per heavy atom. The Kier molecular flexibility index (Phi) is 4.02. The molecule has 2 atom stereocenters. The molecule has 2 aromatic rings. The molecule has 0 saturated carbocycles. The van der Waals surface area contributed by atoms with Crippen molar-refractivity contribution in [3.63, 3.8) is 0 Å². The maximum absolute atomic E-state index is 12.2. The van der Waals surface area contributed by atoms with Crippen LogP contribution in [0.4, 0.5) is 0 Å². The predicted octanol–water partition coefficient (Wildman–Crippen LogP) is 2.99. The highest BCUT2D eigenvalue weighted by Crippen LogP contribution is 2.23. The molecule has 4 nitrogen and oxygen atoms in total. The Hall–Kier alpha value is -1.20. The SMILES string of the molecule is Cc1nn(C)c2ccc(C(C)NS(=O)C(C)(C)C)cc12. The molecule has 1 N–H and O–H groups in total. The number of benzene rings is 1. The van der Waals surface area contributed by atoms with Gasteiger partial charge in [-0.15, -0.1) is 0 Å². The van der Waals surface area contributed by atoms with Crippen LogP contribution in [-0.4, -0.2) is 18.7 Å². The topological polar surface area (TPSA) is 46.9 Å². The average Bonchev–Trinajstić information content (AvgIpc) is 2.63. The van der Waals surface area contributed by atoms with Gasteiger partial charge in [-0.25, -0.2) is 8.93 Å². The molecule has 2 rings (SSSR count). The van der Waals surface area contributed by atoms with Crippen LogP contribution in [-0.2, 0) is 18.0 Å². The van der Waals surface area contributed by atoms with Crippen molar-refractivity contribution in [1.29, 1.82) is 0 Å². The minimum atomic E-state index is -1.07. The van der Waals surface area contributed by atoms with Crippen LogP contribution in [0.5, 0.6) is 0 Å². The number of nitrogens with one attached hydrogen (secondary N) is 1. The highest BCUT2D eigenvalue weighted by molar-refractivity contribution is 7.84. The van der Waals surface area contributed by atoms with E-state index in [-0.39, 0.29) is 10.8 Å². The summed E-state index contributed by atoms with van der Waals surface area (Å²) >= 11 is 0. The van der Waals surface area contributed by atoms with Crippen LogP contribution in [0.15, 0.2) is 18.2 Å². The second kappa shape index (κ2) is 5.30. The summed E-state index contributed by atoms with van der Waals surface area (Å²) in [6.07, 6.45) is 0. The van der Waals surface area contributed by atoms with Crippen LogP contribution in [0.1, 0.15) is 45.0 Å². The largest absolute Gasteiger partial charge is 0.268 e. The Bertz CT molecular complexity index is 655. The average molecular weight is 293 g/mol. The first-order chi connectivity index (χ1) is 9.20. The van der Waals surface area contributed by atoms with Gasteiger partial charge < -0.3 is 0 Å². The van der Waals surface area contributed by atoms with E-state index < -0.39 is 11.0 Å². The highest BCUT2D eigenvalue weighted by Gasteiger charge is 2.22. The van der Waals surface area contributed by atoms with E-state index in [0.29, 0.717) is 0 Å². The lowest BCUT2D eigenvalue weighted by Gasteiger charge is -2.22. The molecule has 1 aromatic carbocycles. The van der Waals surface area contributed by atoms with Crippen LogP contribution in [0.3, 0.4) is 0 Å². The molecule has 0 aliphatic rings. The van der Waals surface area contributed by atoms with Crippen molar-refractivity contribution >= 4 is 21.9 Å². The number of hydrogen-bond acceptors (Lipinski definition) is 2. The van der Waals surface area contributed by atoms with Crippen molar-refractivity contribution in [3.8, 4) is 0 Å². The molecule has 0 fully saturated rings. The van der Waals surface area contributed by atoms with Crippen molar-refractivity contribution in [2.24, 2.45) is 7.05 Å². The number of nitrogens with zero attached hydrogens (tertiary/aromatic N) is 2. The standard InChI is InChI=1S/C15H23N3OS/c1-10(17-20(19)15(3,4)5)12-7-8-14-13(9-12)11(2)16-18(14)6/h7-10,17H,1-6H3. The third-order valence-corrected chi connectivity index (χ3v) is 5.08. The summed E-state index contributed by atoms with van der Waals surface area (Å²) in [5.41, 5.74) is 3.27. The number of hydrogen-bond donors (Lipinski definition) is 1. The van der Waals surface area contributed by atoms with E-state index in [1.54, 1.807) is 0 Å². The van der Waals surface area contributed by atoms with Crippen LogP contribution in [0, 0.1) is 6.92 Å². The van der Waals surface area contributed by atoms with E-state index in [4.69, 9.17) is 0 Å². The minimum absolute atomic E-state index is 0.0408. The van der Waals surface area contributed by atoms with E-state index >= 15 is 0 Å². The zero-order valence-corrected chi connectivity index (χ0v) is 13.8. The first-order valence-electron chi connectivity index (χ1n) is 6.81. The summed E-state index contributed by atoms with van der Waals surface area (Å²) in [7, 11) is 0.877. The summed E-state index contributed by atoms with van der Waals surface area (Å²) in [5, 5.41) is 5.58. The zero-order chi connectivity index (χ0) is 15.1. The van der Waals surface area contributed by atoms with E-state index in [2.05, 4.69) is 28.0 Å².